The van der Waals surface area contributed by atoms with Gasteiger partial charge in [0, 0.05) is 11.3 Å². The maximum absolute atomic E-state index is 5.69. The number of hydrogen-bond acceptors (Lipinski definition) is 2. The van der Waals surface area contributed by atoms with Crippen LogP contribution < -0.4 is 0 Å². The maximum Gasteiger partial charge on any atom is 0.216 e. The van der Waals surface area contributed by atoms with Gasteiger partial charge in [0.05, 0.1) is 6.61 Å². The van der Waals surface area contributed by atoms with Gasteiger partial charge in [-0.2, -0.15) is 0 Å². The van der Waals surface area contributed by atoms with Crippen LogP contribution in [0.5, 0.6) is 0 Å². The van der Waals surface area contributed by atoms with Crippen molar-refractivity contribution < 1.29 is 4.74 Å². The van der Waals surface area contributed by atoms with Crippen molar-refractivity contribution >= 4 is 5.71 Å². The zero-order valence-electron chi connectivity index (χ0n) is 10.6. The van der Waals surface area contributed by atoms with E-state index in [1.807, 2.05) is 6.92 Å². The third-order valence-electron chi connectivity index (χ3n) is 3.13. The van der Waals surface area contributed by atoms with Crippen LogP contribution in [0, 0.1) is 0 Å². The molecule has 0 amide bonds. The Hall–Kier alpha value is -1.31. The Morgan fingerprint density at radius 1 is 1.06 bits per heavy atom. The molecule has 0 aromatic carbocycles. The van der Waals surface area contributed by atoms with Crippen molar-refractivity contribution in [2.24, 2.45) is 4.99 Å². The average Bonchev–Trinajstić information content (AvgIpc) is 2.30. The Bertz CT molecular complexity index is 374. The third-order valence-corrected chi connectivity index (χ3v) is 3.13. The zero-order valence-corrected chi connectivity index (χ0v) is 10.6. The lowest BCUT2D eigenvalue weighted by Crippen LogP contribution is -2.03. The molecule has 0 N–H and O–H groups in total. The summed E-state index contributed by atoms with van der Waals surface area (Å²) in [6, 6.07) is 0. The summed E-state index contributed by atoms with van der Waals surface area (Å²) >= 11 is 0. The molecule has 17 heavy (non-hydrogen) atoms. The molecule has 0 saturated carbocycles. The summed E-state index contributed by atoms with van der Waals surface area (Å²) in [6.45, 7) is 2.71. The van der Waals surface area contributed by atoms with Gasteiger partial charge in [0.1, 0.15) is 0 Å². The summed E-state index contributed by atoms with van der Waals surface area (Å²) in [5.41, 5.74) is 2.40. The molecule has 0 atom stereocenters. The van der Waals surface area contributed by atoms with E-state index in [0.29, 0.717) is 6.61 Å². The lowest BCUT2D eigenvalue weighted by atomic mass is 10.0. The van der Waals surface area contributed by atoms with Gasteiger partial charge in [-0.05, 0) is 38.7 Å². The Balaban J connectivity index is 2.32. The van der Waals surface area contributed by atoms with Crippen molar-refractivity contribution in [1.82, 2.24) is 0 Å². The number of ether oxygens (including phenoxy) is 1. The minimum atomic E-state index is 0.688. The maximum atomic E-state index is 5.69. The first-order chi connectivity index (χ1) is 8.40. The summed E-state index contributed by atoms with van der Waals surface area (Å²) in [6.07, 6.45) is 15.7. The largest absolute Gasteiger partial charge is 0.478 e. The lowest BCUT2D eigenvalue weighted by molar-refractivity contribution is 0.223. The van der Waals surface area contributed by atoms with Crippen molar-refractivity contribution in [1.29, 1.82) is 0 Å². The molecule has 2 rings (SSSR count). The smallest absolute Gasteiger partial charge is 0.216 e. The predicted molar refractivity (Wildman–Crippen MR) is 72.1 cm³/mol. The summed E-state index contributed by atoms with van der Waals surface area (Å²) in [7, 11) is 0. The Morgan fingerprint density at radius 2 is 1.82 bits per heavy atom. The Morgan fingerprint density at radius 3 is 2.65 bits per heavy atom. The van der Waals surface area contributed by atoms with Crippen molar-refractivity contribution in [3.63, 3.8) is 0 Å². The lowest BCUT2D eigenvalue weighted by Gasteiger charge is -2.14. The molecule has 0 radical (unpaired) electrons. The summed E-state index contributed by atoms with van der Waals surface area (Å²) in [5, 5.41) is 0. The summed E-state index contributed by atoms with van der Waals surface area (Å²) < 4.78 is 5.69. The van der Waals surface area contributed by atoms with Gasteiger partial charge in [-0.3, -0.25) is 0 Å². The average molecular weight is 231 g/mol. The molecule has 0 spiro atoms. The van der Waals surface area contributed by atoms with Gasteiger partial charge in [0.15, 0.2) is 0 Å². The predicted octanol–water partition coefficient (Wildman–Crippen LogP) is 4.16. The molecular formula is C15H21NO. The first-order valence-electron chi connectivity index (χ1n) is 6.68. The van der Waals surface area contributed by atoms with Gasteiger partial charge in [0.25, 0.3) is 0 Å². The van der Waals surface area contributed by atoms with Gasteiger partial charge < -0.3 is 4.74 Å². The fraction of sp³-hybridized carbons (Fsp3) is 0.533. The first-order valence-corrected chi connectivity index (χ1v) is 6.68. The van der Waals surface area contributed by atoms with E-state index in [-0.39, 0.29) is 0 Å². The molecule has 2 aliphatic rings. The van der Waals surface area contributed by atoms with Crippen LogP contribution in [0.3, 0.4) is 0 Å². The van der Waals surface area contributed by atoms with E-state index in [0.717, 1.165) is 24.4 Å². The molecule has 0 saturated heterocycles. The van der Waals surface area contributed by atoms with Crippen molar-refractivity contribution in [2.45, 2.75) is 45.4 Å². The number of rotatable bonds is 2. The molecule has 0 aromatic rings. The number of hydrogen-bond donors (Lipinski definition) is 0. The van der Waals surface area contributed by atoms with E-state index in [4.69, 9.17) is 4.74 Å². The van der Waals surface area contributed by atoms with E-state index in [2.05, 4.69) is 29.3 Å². The molecular weight excluding hydrogens is 210 g/mol. The van der Waals surface area contributed by atoms with Crippen molar-refractivity contribution in [3.8, 4) is 0 Å². The highest BCUT2D eigenvalue weighted by atomic mass is 16.5. The highest BCUT2D eigenvalue weighted by Crippen LogP contribution is 2.22. The van der Waals surface area contributed by atoms with Crippen LogP contribution in [0.15, 0.2) is 40.8 Å². The van der Waals surface area contributed by atoms with Gasteiger partial charge in [-0.1, -0.05) is 31.1 Å². The molecule has 2 heterocycles. The SMILES string of the molecule is CCOC1=C2C=CC=CC(=N1)CCCCCC2. The van der Waals surface area contributed by atoms with Gasteiger partial charge >= 0.3 is 0 Å². The molecule has 2 nitrogen and oxygen atoms in total. The Labute approximate surface area is 104 Å². The van der Waals surface area contributed by atoms with Crippen LogP contribution in [-0.2, 0) is 4.74 Å². The van der Waals surface area contributed by atoms with Gasteiger partial charge in [0.2, 0.25) is 5.88 Å². The molecule has 2 bridgehead atoms. The quantitative estimate of drug-likeness (QED) is 0.699. The van der Waals surface area contributed by atoms with E-state index in [1.165, 1.54) is 31.3 Å². The second kappa shape index (κ2) is 6.43. The van der Waals surface area contributed by atoms with Gasteiger partial charge in [-0.15, -0.1) is 0 Å². The van der Waals surface area contributed by atoms with Crippen LogP contribution in [0.2, 0.25) is 0 Å². The normalized spacial score (nSPS) is 20.9. The van der Waals surface area contributed by atoms with Crippen LogP contribution in [-0.4, -0.2) is 12.3 Å². The van der Waals surface area contributed by atoms with E-state index >= 15 is 0 Å². The van der Waals surface area contributed by atoms with E-state index in [1.54, 1.807) is 0 Å². The van der Waals surface area contributed by atoms with Gasteiger partial charge in [-0.25, -0.2) is 4.99 Å². The molecule has 0 unspecified atom stereocenters. The molecule has 2 aliphatic heterocycles. The number of aliphatic imine (C=N–C) groups is 1. The third kappa shape index (κ3) is 3.58. The molecule has 0 fully saturated rings. The first kappa shape index (κ1) is 12.2. The number of fused-ring (bicyclic) bond motifs is 1. The molecule has 92 valence electrons. The standard InChI is InChI=1S/C15H21NO/c1-2-17-15-13-9-5-3-4-6-11-14(16-15)12-8-7-10-13/h7-8,10,12H,2-6,9,11H2,1H3. The molecule has 0 aliphatic carbocycles. The van der Waals surface area contributed by atoms with E-state index < -0.39 is 0 Å². The second-order valence-corrected chi connectivity index (χ2v) is 4.50. The summed E-state index contributed by atoms with van der Waals surface area (Å²) in [4.78, 5) is 4.68. The molecule has 0 aromatic heterocycles. The second-order valence-electron chi connectivity index (χ2n) is 4.50. The van der Waals surface area contributed by atoms with Crippen LogP contribution >= 0.6 is 0 Å². The topological polar surface area (TPSA) is 21.6 Å². The fourth-order valence-electron chi connectivity index (χ4n) is 2.22. The highest BCUT2D eigenvalue weighted by molar-refractivity contribution is 5.96. The molecule has 2 heteroatoms. The summed E-state index contributed by atoms with van der Waals surface area (Å²) in [5.74, 6) is 0.838. The minimum absolute atomic E-state index is 0.688. The minimum Gasteiger partial charge on any atom is -0.478 e. The monoisotopic (exact) mass is 231 g/mol. The van der Waals surface area contributed by atoms with Crippen LogP contribution in [0.1, 0.15) is 45.4 Å². The fourth-order valence-corrected chi connectivity index (χ4v) is 2.22. The Kier molecular flexibility index (Phi) is 4.60. The van der Waals surface area contributed by atoms with Crippen molar-refractivity contribution in [3.05, 3.63) is 35.8 Å². The zero-order chi connectivity index (χ0) is 11.9. The van der Waals surface area contributed by atoms with Crippen molar-refractivity contribution in [2.75, 3.05) is 6.61 Å². The number of allylic oxidation sites excluding steroid dienone is 5. The van der Waals surface area contributed by atoms with E-state index in [9.17, 15) is 0 Å². The number of nitrogens with zero attached hydrogens (tertiary/aromatic N) is 1. The van der Waals surface area contributed by atoms with Crippen LogP contribution in [0.4, 0.5) is 0 Å². The highest BCUT2D eigenvalue weighted by Gasteiger charge is 2.09. The van der Waals surface area contributed by atoms with Crippen LogP contribution in [0.25, 0.3) is 0 Å².